The van der Waals surface area contributed by atoms with Crippen LogP contribution in [0.15, 0.2) is 42.5 Å². The van der Waals surface area contributed by atoms with Crippen LogP contribution in [0.2, 0.25) is 0 Å². The number of benzene rings is 2. The molecule has 2 rings (SSSR count). The number of nitriles is 1. The average Bonchev–Trinajstić information content (AvgIpc) is 2.46. The van der Waals surface area contributed by atoms with Gasteiger partial charge in [0.25, 0.3) is 5.69 Å². The van der Waals surface area contributed by atoms with Crippen LogP contribution in [0, 0.1) is 21.4 Å². The van der Waals surface area contributed by atoms with Crippen LogP contribution in [0.1, 0.15) is 11.1 Å². The molecule has 2 aromatic carbocycles. The second-order valence-electron chi connectivity index (χ2n) is 4.12. The lowest BCUT2D eigenvalue weighted by atomic mass is 10.1. The average molecular weight is 269 g/mol. The Hall–Kier alpha value is -3.07. The number of nitrogens with zero attached hydrogens (tertiary/aromatic N) is 2. The third-order valence-electron chi connectivity index (χ3n) is 2.75. The molecule has 0 fully saturated rings. The summed E-state index contributed by atoms with van der Waals surface area (Å²) < 4.78 is 0. The number of phenolic OH excluding ortho intramolecular Hbond substituents is 1. The van der Waals surface area contributed by atoms with Gasteiger partial charge in [-0.2, -0.15) is 5.26 Å². The van der Waals surface area contributed by atoms with Crippen molar-refractivity contribution in [3.63, 3.8) is 0 Å². The van der Waals surface area contributed by atoms with Gasteiger partial charge in [0.05, 0.1) is 4.92 Å². The lowest BCUT2D eigenvalue weighted by molar-refractivity contribution is -0.385. The van der Waals surface area contributed by atoms with Gasteiger partial charge in [0, 0.05) is 18.3 Å². The highest BCUT2D eigenvalue weighted by Crippen LogP contribution is 2.22. The van der Waals surface area contributed by atoms with Crippen molar-refractivity contribution in [1.82, 2.24) is 0 Å². The zero-order valence-corrected chi connectivity index (χ0v) is 10.4. The molecule has 0 atom stereocenters. The van der Waals surface area contributed by atoms with Crippen LogP contribution in [0.5, 0.6) is 5.75 Å². The Morgan fingerprint density at radius 1 is 1.25 bits per heavy atom. The summed E-state index contributed by atoms with van der Waals surface area (Å²) in [4.78, 5) is 10.1. The largest absolute Gasteiger partial charge is 0.508 e. The van der Waals surface area contributed by atoms with E-state index in [4.69, 9.17) is 5.26 Å². The van der Waals surface area contributed by atoms with Gasteiger partial charge in [-0.3, -0.25) is 10.1 Å². The van der Waals surface area contributed by atoms with Crippen molar-refractivity contribution in [3.05, 3.63) is 63.7 Å². The van der Waals surface area contributed by atoms with Crippen molar-refractivity contribution in [2.45, 2.75) is 6.54 Å². The van der Waals surface area contributed by atoms with Gasteiger partial charge >= 0.3 is 0 Å². The quantitative estimate of drug-likeness (QED) is 0.656. The van der Waals surface area contributed by atoms with Crippen molar-refractivity contribution in [3.8, 4) is 11.8 Å². The molecule has 0 spiro atoms. The SMILES string of the molecule is N#Cc1cc(NCc2ccc(O)cc2)ccc1[N+](=O)[O-]. The summed E-state index contributed by atoms with van der Waals surface area (Å²) in [6, 6.07) is 12.8. The number of anilines is 1. The van der Waals surface area contributed by atoms with Crippen molar-refractivity contribution in [2.75, 3.05) is 5.32 Å². The summed E-state index contributed by atoms with van der Waals surface area (Å²) in [5.74, 6) is 0.191. The Labute approximate surface area is 115 Å². The number of nitro groups is 1. The van der Waals surface area contributed by atoms with Crippen LogP contribution >= 0.6 is 0 Å². The Morgan fingerprint density at radius 2 is 1.95 bits per heavy atom. The standard InChI is InChI=1S/C14H11N3O3/c15-8-11-7-12(3-6-14(11)17(19)20)16-9-10-1-4-13(18)5-2-10/h1-7,16,18H,9H2. The van der Waals surface area contributed by atoms with E-state index in [1.807, 2.05) is 6.07 Å². The van der Waals surface area contributed by atoms with Crippen LogP contribution in [-0.2, 0) is 6.54 Å². The molecule has 6 heteroatoms. The van der Waals surface area contributed by atoms with Crippen LogP contribution in [-0.4, -0.2) is 10.0 Å². The van der Waals surface area contributed by atoms with Crippen LogP contribution in [0.25, 0.3) is 0 Å². The first kappa shape index (κ1) is 13.4. The third kappa shape index (κ3) is 3.03. The van der Waals surface area contributed by atoms with Crippen molar-refractivity contribution in [1.29, 1.82) is 5.26 Å². The molecule has 2 aromatic rings. The normalized spacial score (nSPS) is 9.75. The van der Waals surface area contributed by atoms with Gasteiger partial charge in [0.2, 0.25) is 0 Å². The molecule has 100 valence electrons. The maximum absolute atomic E-state index is 10.7. The fourth-order valence-electron chi connectivity index (χ4n) is 1.71. The summed E-state index contributed by atoms with van der Waals surface area (Å²) in [5, 5.41) is 31.8. The zero-order chi connectivity index (χ0) is 14.5. The Balaban J connectivity index is 2.12. The number of nitrogens with one attached hydrogen (secondary N) is 1. The molecule has 2 N–H and O–H groups in total. The second-order valence-corrected chi connectivity index (χ2v) is 4.12. The smallest absolute Gasteiger partial charge is 0.287 e. The lowest BCUT2D eigenvalue weighted by Gasteiger charge is -2.07. The van der Waals surface area contributed by atoms with Gasteiger partial charge in [-0.1, -0.05) is 12.1 Å². The monoisotopic (exact) mass is 269 g/mol. The number of rotatable bonds is 4. The minimum absolute atomic E-state index is 0.0192. The number of nitro benzene ring substituents is 1. The molecule has 0 bridgehead atoms. The van der Waals surface area contributed by atoms with Gasteiger partial charge < -0.3 is 10.4 Å². The first-order chi connectivity index (χ1) is 9.60. The fraction of sp³-hybridized carbons (Fsp3) is 0.0714. The molecule has 0 aliphatic heterocycles. The van der Waals surface area contributed by atoms with Crippen LogP contribution < -0.4 is 5.32 Å². The lowest BCUT2D eigenvalue weighted by Crippen LogP contribution is -2.00. The number of phenols is 1. The maximum Gasteiger partial charge on any atom is 0.287 e. The molecule has 20 heavy (non-hydrogen) atoms. The number of hydrogen-bond acceptors (Lipinski definition) is 5. The molecule has 0 amide bonds. The van der Waals surface area contributed by atoms with Gasteiger partial charge in [-0.05, 0) is 29.8 Å². The first-order valence-electron chi connectivity index (χ1n) is 5.80. The minimum atomic E-state index is -0.581. The van der Waals surface area contributed by atoms with Crippen molar-refractivity contribution in [2.24, 2.45) is 0 Å². The van der Waals surface area contributed by atoms with Crippen LogP contribution in [0.4, 0.5) is 11.4 Å². The third-order valence-corrected chi connectivity index (χ3v) is 2.75. The highest BCUT2D eigenvalue weighted by Gasteiger charge is 2.13. The molecule has 0 aromatic heterocycles. The summed E-state index contributed by atoms with van der Waals surface area (Å²) in [7, 11) is 0. The molecule has 0 aliphatic rings. The summed E-state index contributed by atoms with van der Waals surface area (Å²) in [6.07, 6.45) is 0. The van der Waals surface area contributed by atoms with E-state index < -0.39 is 4.92 Å². The first-order valence-corrected chi connectivity index (χ1v) is 5.80. The molecule has 0 saturated heterocycles. The van der Waals surface area contributed by atoms with Gasteiger partial charge in [-0.15, -0.1) is 0 Å². The molecular weight excluding hydrogens is 258 g/mol. The summed E-state index contributed by atoms with van der Waals surface area (Å²) in [5.41, 5.74) is 1.38. The summed E-state index contributed by atoms with van der Waals surface area (Å²) >= 11 is 0. The Kier molecular flexibility index (Phi) is 3.82. The number of hydrogen-bond donors (Lipinski definition) is 2. The molecule has 0 unspecified atom stereocenters. The molecule has 0 saturated carbocycles. The van der Waals surface area contributed by atoms with E-state index in [1.165, 1.54) is 12.1 Å². The van der Waals surface area contributed by atoms with E-state index in [0.717, 1.165) is 5.56 Å². The number of aromatic hydroxyl groups is 1. The Bertz CT molecular complexity index is 675. The van der Waals surface area contributed by atoms with E-state index in [0.29, 0.717) is 12.2 Å². The van der Waals surface area contributed by atoms with Gasteiger partial charge in [0.15, 0.2) is 0 Å². The van der Waals surface area contributed by atoms with E-state index in [1.54, 1.807) is 30.3 Å². The van der Waals surface area contributed by atoms with Gasteiger partial charge in [-0.25, -0.2) is 0 Å². The predicted molar refractivity (Wildman–Crippen MR) is 73.2 cm³/mol. The fourth-order valence-corrected chi connectivity index (χ4v) is 1.71. The predicted octanol–water partition coefficient (Wildman–Crippen LogP) is 2.78. The second kappa shape index (κ2) is 5.71. The van der Waals surface area contributed by atoms with Crippen LogP contribution in [0.3, 0.4) is 0 Å². The van der Waals surface area contributed by atoms with E-state index in [2.05, 4.69) is 5.32 Å². The molecule has 0 radical (unpaired) electrons. The van der Waals surface area contributed by atoms with E-state index in [9.17, 15) is 15.2 Å². The van der Waals surface area contributed by atoms with Crippen molar-refractivity contribution < 1.29 is 10.0 Å². The summed E-state index contributed by atoms with van der Waals surface area (Å²) in [6.45, 7) is 0.489. The highest BCUT2D eigenvalue weighted by atomic mass is 16.6. The van der Waals surface area contributed by atoms with E-state index >= 15 is 0 Å². The zero-order valence-electron chi connectivity index (χ0n) is 10.4. The highest BCUT2D eigenvalue weighted by molar-refractivity contribution is 5.58. The topological polar surface area (TPSA) is 99.2 Å². The molecule has 0 heterocycles. The Morgan fingerprint density at radius 3 is 2.55 bits per heavy atom. The minimum Gasteiger partial charge on any atom is -0.508 e. The molecule has 6 nitrogen and oxygen atoms in total. The van der Waals surface area contributed by atoms with Crippen molar-refractivity contribution >= 4 is 11.4 Å². The molecule has 0 aliphatic carbocycles. The van der Waals surface area contributed by atoms with Gasteiger partial charge in [0.1, 0.15) is 17.4 Å². The maximum atomic E-state index is 10.7. The van der Waals surface area contributed by atoms with E-state index in [-0.39, 0.29) is 17.0 Å². The molecular formula is C14H11N3O3.